The Morgan fingerprint density at radius 3 is 1.97 bits per heavy atom. The number of nitrogens with one attached hydrogen (secondary N) is 1. The monoisotopic (exact) mass is 548 g/mol. The van der Waals surface area contributed by atoms with Gasteiger partial charge in [0.25, 0.3) is 0 Å². The SMILES string of the molecule is CC(C)(C)NC(=O)[C@H](Cc1ccccc1)N(Cc1c(Cl)cccc1Cl)C(=O)Cc1c(F)cccc1Cl. The predicted molar refractivity (Wildman–Crippen MR) is 144 cm³/mol. The van der Waals surface area contributed by atoms with Gasteiger partial charge in [-0.05, 0) is 50.6 Å². The van der Waals surface area contributed by atoms with Gasteiger partial charge in [-0.3, -0.25) is 9.59 Å². The van der Waals surface area contributed by atoms with Crippen molar-refractivity contribution in [3.63, 3.8) is 0 Å². The average Bonchev–Trinajstić information content (AvgIpc) is 2.80. The maximum Gasteiger partial charge on any atom is 0.243 e. The van der Waals surface area contributed by atoms with Crippen LogP contribution in [0.15, 0.2) is 66.7 Å². The quantitative estimate of drug-likeness (QED) is 0.333. The molecule has 1 N–H and O–H groups in total. The van der Waals surface area contributed by atoms with Crippen LogP contribution >= 0.6 is 34.8 Å². The van der Waals surface area contributed by atoms with Gasteiger partial charge in [-0.2, -0.15) is 0 Å². The lowest BCUT2D eigenvalue weighted by Gasteiger charge is -2.34. The maximum absolute atomic E-state index is 14.6. The van der Waals surface area contributed by atoms with E-state index in [4.69, 9.17) is 34.8 Å². The lowest BCUT2D eigenvalue weighted by atomic mass is 9.99. The van der Waals surface area contributed by atoms with Crippen molar-refractivity contribution in [2.24, 2.45) is 0 Å². The second-order valence-electron chi connectivity index (χ2n) is 9.54. The maximum atomic E-state index is 14.6. The molecule has 3 aromatic rings. The number of carbonyl (C=O) groups excluding carboxylic acids is 2. The highest BCUT2D eigenvalue weighted by Crippen LogP contribution is 2.28. The van der Waals surface area contributed by atoms with Gasteiger partial charge in [0, 0.05) is 44.7 Å². The number of hydrogen-bond donors (Lipinski definition) is 1. The molecule has 190 valence electrons. The molecule has 0 fully saturated rings. The van der Waals surface area contributed by atoms with Crippen LogP contribution in [0.4, 0.5) is 4.39 Å². The van der Waals surface area contributed by atoms with Gasteiger partial charge in [0.05, 0.1) is 6.42 Å². The highest BCUT2D eigenvalue weighted by molar-refractivity contribution is 6.36. The minimum absolute atomic E-state index is 0.0432. The third-order valence-electron chi connectivity index (χ3n) is 5.55. The van der Waals surface area contributed by atoms with Gasteiger partial charge >= 0.3 is 0 Å². The van der Waals surface area contributed by atoms with Crippen molar-refractivity contribution < 1.29 is 14.0 Å². The smallest absolute Gasteiger partial charge is 0.243 e. The average molecular weight is 550 g/mol. The van der Waals surface area contributed by atoms with Crippen LogP contribution in [0.3, 0.4) is 0 Å². The summed E-state index contributed by atoms with van der Waals surface area (Å²) in [4.78, 5) is 28.8. The number of carbonyl (C=O) groups is 2. The molecule has 0 spiro atoms. The first-order valence-corrected chi connectivity index (χ1v) is 12.6. The summed E-state index contributed by atoms with van der Waals surface area (Å²) in [5.74, 6) is -1.42. The van der Waals surface area contributed by atoms with E-state index in [1.165, 1.54) is 23.1 Å². The molecule has 0 saturated heterocycles. The van der Waals surface area contributed by atoms with E-state index >= 15 is 0 Å². The lowest BCUT2D eigenvalue weighted by molar-refractivity contribution is -0.141. The van der Waals surface area contributed by atoms with Crippen LogP contribution in [0.2, 0.25) is 15.1 Å². The zero-order valence-electron chi connectivity index (χ0n) is 20.3. The molecule has 0 aromatic heterocycles. The van der Waals surface area contributed by atoms with Crippen LogP contribution in [0.25, 0.3) is 0 Å². The Hall–Kier alpha value is -2.60. The lowest BCUT2D eigenvalue weighted by Crippen LogP contribution is -2.54. The minimum Gasteiger partial charge on any atom is -0.350 e. The molecule has 0 bridgehead atoms. The van der Waals surface area contributed by atoms with Crippen LogP contribution in [0, 0.1) is 5.82 Å². The summed E-state index contributed by atoms with van der Waals surface area (Å²) in [5, 5.41) is 3.83. The molecule has 0 aliphatic carbocycles. The molecule has 3 aromatic carbocycles. The number of benzene rings is 3. The summed E-state index contributed by atoms with van der Waals surface area (Å²) in [6.07, 6.45) is -0.0940. The predicted octanol–water partition coefficient (Wildman–Crippen LogP) is 6.88. The number of rotatable bonds is 8. The van der Waals surface area contributed by atoms with Gasteiger partial charge in [-0.1, -0.05) is 77.3 Å². The summed E-state index contributed by atoms with van der Waals surface area (Å²) in [6, 6.07) is 17.7. The first kappa shape index (κ1) is 28.0. The van der Waals surface area contributed by atoms with Crippen molar-refractivity contribution in [2.75, 3.05) is 0 Å². The van der Waals surface area contributed by atoms with Gasteiger partial charge in [0.1, 0.15) is 11.9 Å². The van der Waals surface area contributed by atoms with E-state index in [1.807, 2.05) is 51.1 Å². The minimum atomic E-state index is -0.919. The fourth-order valence-corrected chi connectivity index (χ4v) is 4.56. The van der Waals surface area contributed by atoms with Crippen molar-refractivity contribution in [1.29, 1.82) is 0 Å². The zero-order chi connectivity index (χ0) is 26.5. The normalized spacial score (nSPS) is 12.2. The Kier molecular flexibility index (Phi) is 9.40. The largest absolute Gasteiger partial charge is 0.350 e. The van der Waals surface area contributed by atoms with Gasteiger partial charge in [-0.25, -0.2) is 4.39 Å². The molecule has 2 amide bonds. The Morgan fingerprint density at radius 2 is 1.42 bits per heavy atom. The van der Waals surface area contributed by atoms with Crippen molar-refractivity contribution in [3.8, 4) is 0 Å². The van der Waals surface area contributed by atoms with Crippen molar-refractivity contribution in [1.82, 2.24) is 10.2 Å². The van der Waals surface area contributed by atoms with E-state index in [9.17, 15) is 14.0 Å². The number of hydrogen-bond acceptors (Lipinski definition) is 2. The van der Waals surface area contributed by atoms with E-state index in [2.05, 4.69) is 5.32 Å². The second-order valence-corrected chi connectivity index (χ2v) is 10.8. The Labute approximate surface area is 226 Å². The highest BCUT2D eigenvalue weighted by atomic mass is 35.5. The molecule has 0 aliphatic rings. The molecule has 3 rings (SSSR count). The van der Waals surface area contributed by atoms with E-state index in [0.717, 1.165) is 5.56 Å². The second kappa shape index (κ2) is 12.1. The molecular formula is C28H28Cl3FN2O2. The van der Waals surface area contributed by atoms with Crippen molar-refractivity contribution >= 4 is 46.6 Å². The molecule has 36 heavy (non-hydrogen) atoms. The number of halogens is 4. The summed E-state index contributed by atoms with van der Waals surface area (Å²) < 4.78 is 14.6. The number of amides is 2. The number of nitrogens with zero attached hydrogens (tertiary/aromatic N) is 1. The van der Waals surface area contributed by atoms with E-state index < -0.39 is 23.3 Å². The van der Waals surface area contributed by atoms with Crippen molar-refractivity contribution in [2.45, 2.75) is 51.7 Å². The molecule has 8 heteroatoms. The highest BCUT2D eigenvalue weighted by Gasteiger charge is 2.33. The Bertz CT molecular complexity index is 1190. The van der Waals surface area contributed by atoms with Gasteiger partial charge < -0.3 is 10.2 Å². The van der Waals surface area contributed by atoms with Gasteiger partial charge in [-0.15, -0.1) is 0 Å². The Balaban J connectivity index is 2.08. The topological polar surface area (TPSA) is 49.4 Å². The van der Waals surface area contributed by atoms with E-state index in [-0.39, 0.29) is 35.9 Å². The van der Waals surface area contributed by atoms with E-state index in [1.54, 1.807) is 18.2 Å². The standard InChI is InChI=1S/C28H28Cl3FN2O2/c1-28(2,3)33-27(36)25(15-18-9-5-4-6-10-18)34(17-20-22(30)11-7-12-23(20)31)26(35)16-19-21(29)13-8-14-24(19)32/h4-14,25H,15-17H2,1-3H3,(H,33,36)/t25-/m0/s1. The zero-order valence-corrected chi connectivity index (χ0v) is 22.6. The molecule has 0 unspecified atom stereocenters. The van der Waals surface area contributed by atoms with Crippen LogP contribution in [-0.2, 0) is 29.0 Å². The molecule has 0 heterocycles. The van der Waals surface area contributed by atoms with Crippen LogP contribution < -0.4 is 5.32 Å². The molecule has 0 aliphatic heterocycles. The molecule has 4 nitrogen and oxygen atoms in total. The Morgan fingerprint density at radius 1 is 0.861 bits per heavy atom. The fraction of sp³-hybridized carbons (Fsp3) is 0.286. The van der Waals surface area contributed by atoms with Crippen molar-refractivity contribution in [3.05, 3.63) is 104 Å². The first-order chi connectivity index (χ1) is 17.0. The molecule has 1 atom stereocenters. The summed E-state index contributed by atoms with van der Waals surface area (Å²) in [7, 11) is 0. The summed E-state index contributed by atoms with van der Waals surface area (Å²) in [5.41, 5.74) is 0.875. The van der Waals surface area contributed by atoms with Crippen LogP contribution in [0.1, 0.15) is 37.5 Å². The third kappa shape index (κ3) is 7.45. The molecule has 0 saturated carbocycles. The first-order valence-electron chi connectivity index (χ1n) is 11.5. The molecular weight excluding hydrogens is 522 g/mol. The van der Waals surface area contributed by atoms with E-state index in [0.29, 0.717) is 15.6 Å². The van der Waals surface area contributed by atoms with Crippen LogP contribution in [0.5, 0.6) is 0 Å². The van der Waals surface area contributed by atoms with Gasteiger partial charge in [0.2, 0.25) is 11.8 Å². The third-order valence-corrected chi connectivity index (χ3v) is 6.61. The van der Waals surface area contributed by atoms with Crippen LogP contribution in [-0.4, -0.2) is 28.3 Å². The summed E-state index contributed by atoms with van der Waals surface area (Å²) in [6.45, 7) is 5.54. The summed E-state index contributed by atoms with van der Waals surface area (Å²) >= 11 is 19.1. The fourth-order valence-electron chi connectivity index (χ4n) is 3.81. The molecule has 0 radical (unpaired) electrons. The van der Waals surface area contributed by atoms with Gasteiger partial charge in [0.15, 0.2) is 0 Å².